The summed E-state index contributed by atoms with van der Waals surface area (Å²) in [4.78, 5) is 1.92. The van der Waals surface area contributed by atoms with Crippen molar-refractivity contribution in [2.75, 3.05) is 27.2 Å². The number of nitrogens with one attached hydrogen (secondary N) is 1. The smallest absolute Gasteiger partial charge is 0.311 e. The highest BCUT2D eigenvalue weighted by molar-refractivity contribution is 5.30. The lowest BCUT2D eigenvalue weighted by Gasteiger charge is -2.14. The Labute approximate surface area is 104 Å². The molecule has 0 aromatic heterocycles. The average Bonchev–Trinajstić information content (AvgIpc) is 2.24. The third-order valence-electron chi connectivity index (χ3n) is 2.43. The van der Waals surface area contributed by atoms with Gasteiger partial charge in [-0.25, -0.2) is 4.39 Å². The molecule has 0 aliphatic rings. The first-order chi connectivity index (χ1) is 8.30. The zero-order valence-electron chi connectivity index (χ0n) is 10.3. The van der Waals surface area contributed by atoms with Gasteiger partial charge >= 0.3 is 6.18 Å². The van der Waals surface area contributed by atoms with E-state index in [4.69, 9.17) is 0 Å². The van der Waals surface area contributed by atoms with Crippen molar-refractivity contribution in [2.45, 2.75) is 12.7 Å². The number of likely N-dealkylation sites (N-methyl/N-ethyl adjacent to an activating group) is 1. The standard InChI is InChI=1S/C12H16F4N2/c1-18(2)6-5-17-8-9-3-4-10(13)7-11(9)12(14,15)16/h3-4,7,17H,5-6,8H2,1-2H3. The van der Waals surface area contributed by atoms with Gasteiger partial charge in [-0.2, -0.15) is 13.2 Å². The highest BCUT2D eigenvalue weighted by atomic mass is 19.4. The van der Waals surface area contributed by atoms with E-state index >= 15 is 0 Å². The number of benzene rings is 1. The van der Waals surface area contributed by atoms with E-state index in [9.17, 15) is 17.6 Å². The summed E-state index contributed by atoms with van der Waals surface area (Å²) in [5.41, 5.74) is -0.859. The van der Waals surface area contributed by atoms with Crippen LogP contribution in [0.1, 0.15) is 11.1 Å². The summed E-state index contributed by atoms with van der Waals surface area (Å²) < 4.78 is 50.8. The van der Waals surface area contributed by atoms with Crippen molar-refractivity contribution in [3.63, 3.8) is 0 Å². The van der Waals surface area contributed by atoms with E-state index < -0.39 is 17.6 Å². The highest BCUT2D eigenvalue weighted by Crippen LogP contribution is 2.32. The largest absolute Gasteiger partial charge is 0.416 e. The fraction of sp³-hybridized carbons (Fsp3) is 0.500. The predicted molar refractivity (Wildman–Crippen MR) is 61.7 cm³/mol. The molecule has 0 aliphatic heterocycles. The van der Waals surface area contributed by atoms with Crippen LogP contribution < -0.4 is 5.32 Å². The normalized spacial score (nSPS) is 12.2. The van der Waals surface area contributed by atoms with Gasteiger partial charge in [-0.1, -0.05) is 6.07 Å². The quantitative estimate of drug-likeness (QED) is 0.649. The molecule has 102 valence electrons. The Morgan fingerprint density at radius 2 is 1.89 bits per heavy atom. The summed E-state index contributed by atoms with van der Waals surface area (Å²) in [7, 11) is 3.75. The molecule has 0 amide bonds. The topological polar surface area (TPSA) is 15.3 Å². The van der Waals surface area contributed by atoms with Crippen LogP contribution in [0.4, 0.5) is 17.6 Å². The summed E-state index contributed by atoms with van der Waals surface area (Å²) in [5.74, 6) is -0.876. The molecule has 2 nitrogen and oxygen atoms in total. The van der Waals surface area contributed by atoms with E-state index in [0.717, 1.165) is 12.6 Å². The SMILES string of the molecule is CN(C)CCNCc1ccc(F)cc1C(F)(F)F. The Hall–Kier alpha value is -1.14. The maximum Gasteiger partial charge on any atom is 0.416 e. The summed E-state index contributed by atoms with van der Waals surface area (Å²) in [6, 6.07) is 2.74. The summed E-state index contributed by atoms with van der Waals surface area (Å²) in [6.07, 6.45) is -4.53. The van der Waals surface area contributed by atoms with E-state index in [1.807, 2.05) is 19.0 Å². The predicted octanol–water partition coefficient (Wildman–Crippen LogP) is 2.50. The van der Waals surface area contributed by atoms with Crippen LogP contribution >= 0.6 is 0 Å². The molecular weight excluding hydrogens is 248 g/mol. The fourth-order valence-electron chi connectivity index (χ4n) is 1.49. The second-order valence-corrected chi connectivity index (χ2v) is 4.28. The molecule has 0 radical (unpaired) electrons. The summed E-state index contributed by atoms with van der Waals surface area (Å²) in [5, 5.41) is 2.90. The van der Waals surface area contributed by atoms with Crippen molar-refractivity contribution >= 4 is 0 Å². The molecule has 0 saturated heterocycles. The van der Waals surface area contributed by atoms with Gasteiger partial charge in [0.2, 0.25) is 0 Å². The third kappa shape index (κ3) is 4.62. The lowest BCUT2D eigenvalue weighted by molar-refractivity contribution is -0.138. The van der Waals surface area contributed by atoms with Crippen LogP contribution in [-0.4, -0.2) is 32.1 Å². The molecule has 0 aliphatic carbocycles. The number of hydrogen-bond acceptors (Lipinski definition) is 2. The van der Waals surface area contributed by atoms with Gasteiger partial charge in [0, 0.05) is 19.6 Å². The van der Waals surface area contributed by atoms with Gasteiger partial charge in [0.05, 0.1) is 5.56 Å². The van der Waals surface area contributed by atoms with Crippen molar-refractivity contribution in [2.24, 2.45) is 0 Å². The average molecular weight is 264 g/mol. The van der Waals surface area contributed by atoms with Crippen LogP contribution in [0.5, 0.6) is 0 Å². The minimum Gasteiger partial charge on any atom is -0.311 e. The molecule has 6 heteroatoms. The van der Waals surface area contributed by atoms with E-state index in [-0.39, 0.29) is 12.1 Å². The number of nitrogens with zero attached hydrogens (tertiary/aromatic N) is 1. The molecule has 1 N–H and O–H groups in total. The first-order valence-corrected chi connectivity index (χ1v) is 5.52. The molecule has 0 heterocycles. The van der Waals surface area contributed by atoms with Crippen LogP contribution in [0, 0.1) is 5.82 Å². The van der Waals surface area contributed by atoms with Gasteiger partial charge < -0.3 is 10.2 Å². The monoisotopic (exact) mass is 264 g/mol. The molecule has 0 fully saturated rings. The fourth-order valence-corrected chi connectivity index (χ4v) is 1.49. The van der Waals surface area contributed by atoms with Gasteiger partial charge in [0.1, 0.15) is 5.82 Å². The Kier molecular flexibility index (Phi) is 5.10. The molecule has 0 atom stereocenters. The van der Waals surface area contributed by atoms with Crippen LogP contribution in [0.2, 0.25) is 0 Å². The molecule has 0 saturated carbocycles. The Morgan fingerprint density at radius 1 is 1.22 bits per heavy atom. The van der Waals surface area contributed by atoms with Crippen molar-refractivity contribution in [1.82, 2.24) is 10.2 Å². The Bertz CT molecular complexity index is 388. The van der Waals surface area contributed by atoms with Gasteiger partial charge in [-0.3, -0.25) is 0 Å². The van der Waals surface area contributed by atoms with Crippen LogP contribution in [0.3, 0.4) is 0 Å². The van der Waals surface area contributed by atoms with Gasteiger partial charge in [0.15, 0.2) is 0 Å². The Morgan fingerprint density at radius 3 is 2.44 bits per heavy atom. The number of alkyl halides is 3. The van der Waals surface area contributed by atoms with Crippen molar-refractivity contribution in [1.29, 1.82) is 0 Å². The van der Waals surface area contributed by atoms with Gasteiger partial charge in [-0.15, -0.1) is 0 Å². The number of hydrogen-bond donors (Lipinski definition) is 1. The number of halogens is 4. The van der Waals surface area contributed by atoms with E-state index in [1.165, 1.54) is 6.07 Å². The highest BCUT2D eigenvalue weighted by Gasteiger charge is 2.33. The zero-order chi connectivity index (χ0) is 13.8. The molecule has 1 aromatic rings. The molecule has 1 aromatic carbocycles. The maximum atomic E-state index is 12.8. The second kappa shape index (κ2) is 6.15. The first-order valence-electron chi connectivity index (χ1n) is 5.52. The minimum atomic E-state index is -4.53. The maximum absolute atomic E-state index is 12.8. The third-order valence-corrected chi connectivity index (χ3v) is 2.43. The zero-order valence-corrected chi connectivity index (χ0v) is 10.3. The molecule has 18 heavy (non-hydrogen) atoms. The van der Waals surface area contributed by atoms with Crippen LogP contribution in [0.15, 0.2) is 18.2 Å². The van der Waals surface area contributed by atoms with Crippen molar-refractivity contribution in [3.05, 3.63) is 35.1 Å². The van der Waals surface area contributed by atoms with Gasteiger partial charge in [0.25, 0.3) is 0 Å². The van der Waals surface area contributed by atoms with E-state index in [2.05, 4.69) is 5.32 Å². The van der Waals surface area contributed by atoms with E-state index in [1.54, 1.807) is 0 Å². The lowest BCUT2D eigenvalue weighted by Crippen LogP contribution is -2.27. The molecule has 0 spiro atoms. The molecular formula is C12H16F4N2. The van der Waals surface area contributed by atoms with Crippen LogP contribution in [0.25, 0.3) is 0 Å². The molecule has 0 unspecified atom stereocenters. The molecule has 0 bridgehead atoms. The summed E-state index contributed by atoms with van der Waals surface area (Å²) >= 11 is 0. The van der Waals surface area contributed by atoms with E-state index in [0.29, 0.717) is 12.6 Å². The first kappa shape index (κ1) is 14.9. The minimum absolute atomic E-state index is 0.0580. The summed E-state index contributed by atoms with van der Waals surface area (Å²) in [6.45, 7) is 1.37. The Balaban J connectivity index is 2.70. The van der Waals surface area contributed by atoms with Crippen molar-refractivity contribution in [3.8, 4) is 0 Å². The number of rotatable bonds is 5. The van der Waals surface area contributed by atoms with Gasteiger partial charge in [-0.05, 0) is 31.8 Å². The van der Waals surface area contributed by atoms with Crippen molar-refractivity contribution < 1.29 is 17.6 Å². The van der Waals surface area contributed by atoms with Crippen LogP contribution in [-0.2, 0) is 12.7 Å². The second-order valence-electron chi connectivity index (χ2n) is 4.28. The molecule has 1 rings (SSSR count). The lowest BCUT2D eigenvalue weighted by atomic mass is 10.1.